The van der Waals surface area contributed by atoms with Crippen molar-refractivity contribution in [3.05, 3.63) is 59.7 Å². The maximum absolute atomic E-state index is 12.5. The van der Waals surface area contributed by atoms with Gasteiger partial charge < -0.3 is 10.2 Å². The highest BCUT2D eigenvalue weighted by Gasteiger charge is 2.27. The Balaban J connectivity index is 1.53. The average molecular weight is 373 g/mol. The van der Waals surface area contributed by atoms with Gasteiger partial charge in [-0.05, 0) is 49.1 Å². The van der Waals surface area contributed by atoms with Gasteiger partial charge in [-0.1, -0.05) is 30.3 Å². The van der Waals surface area contributed by atoms with Crippen LogP contribution < -0.4 is 15.4 Å². The molecular weight excluding hydrogens is 350 g/mol. The van der Waals surface area contributed by atoms with Crippen molar-refractivity contribution >= 4 is 21.6 Å². The first kappa shape index (κ1) is 18.4. The Morgan fingerprint density at radius 3 is 2.58 bits per heavy atom. The van der Waals surface area contributed by atoms with Gasteiger partial charge in [0.2, 0.25) is 15.9 Å². The standard InChI is InChI=1S/C19H23N3O3S/c1-14(22-13-11-16-4-2-3-5-18(16)22)19(23)21-12-10-15-6-8-17(9-7-15)26(20,24)25/h2-9,14H,10-13H2,1H3,(H,21,23)(H2,20,24,25)/t14-/m0/s1. The van der Waals surface area contributed by atoms with Crippen LogP contribution in [0.3, 0.4) is 0 Å². The Morgan fingerprint density at radius 1 is 1.19 bits per heavy atom. The number of carbonyl (C=O) groups is 1. The van der Waals surface area contributed by atoms with Crippen molar-refractivity contribution in [3.63, 3.8) is 0 Å². The van der Waals surface area contributed by atoms with E-state index in [0.29, 0.717) is 13.0 Å². The lowest BCUT2D eigenvalue weighted by molar-refractivity contribution is -0.122. The van der Waals surface area contributed by atoms with Crippen molar-refractivity contribution in [2.75, 3.05) is 18.0 Å². The monoisotopic (exact) mass is 373 g/mol. The number of hydrogen-bond acceptors (Lipinski definition) is 4. The second kappa shape index (κ2) is 7.47. The lowest BCUT2D eigenvalue weighted by atomic mass is 10.1. The number of nitrogens with zero attached hydrogens (tertiary/aromatic N) is 1. The minimum Gasteiger partial charge on any atom is -0.359 e. The smallest absolute Gasteiger partial charge is 0.242 e. The molecule has 0 fully saturated rings. The van der Waals surface area contributed by atoms with Gasteiger partial charge in [-0.3, -0.25) is 4.79 Å². The number of primary sulfonamides is 1. The predicted molar refractivity (Wildman–Crippen MR) is 101 cm³/mol. The molecule has 7 heteroatoms. The summed E-state index contributed by atoms with van der Waals surface area (Å²) in [6.45, 7) is 3.26. The number of amides is 1. The van der Waals surface area contributed by atoms with Crippen LogP contribution >= 0.6 is 0 Å². The molecule has 0 saturated carbocycles. The van der Waals surface area contributed by atoms with Crippen LogP contribution in [0.25, 0.3) is 0 Å². The summed E-state index contributed by atoms with van der Waals surface area (Å²) in [6, 6.07) is 14.3. The quantitative estimate of drug-likeness (QED) is 0.801. The Hall–Kier alpha value is -2.38. The van der Waals surface area contributed by atoms with E-state index >= 15 is 0 Å². The van der Waals surface area contributed by atoms with Crippen LogP contribution in [-0.4, -0.2) is 33.5 Å². The molecule has 6 nitrogen and oxygen atoms in total. The van der Waals surface area contributed by atoms with Gasteiger partial charge in [-0.2, -0.15) is 0 Å². The van der Waals surface area contributed by atoms with Crippen molar-refractivity contribution in [2.24, 2.45) is 5.14 Å². The molecule has 0 spiro atoms. The van der Waals surface area contributed by atoms with Crippen molar-refractivity contribution in [1.29, 1.82) is 0 Å². The number of nitrogens with two attached hydrogens (primary N) is 1. The van der Waals surface area contributed by atoms with Gasteiger partial charge in [0, 0.05) is 18.8 Å². The molecule has 3 rings (SSSR count). The second-order valence-corrected chi connectivity index (χ2v) is 8.04. The first-order valence-corrected chi connectivity index (χ1v) is 10.1. The Morgan fingerprint density at radius 2 is 1.88 bits per heavy atom. The zero-order chi connectivity index (χ0) is 18.7. The van der Waals surface area contributed by atoms with Gasteiger partial charge in [-0.15, -0.1) is 0 Å². The van der Waals surface area contributed by atoms with Crippen LogP contribution in [0.15, 0.2) is 53.4 Å². The fourth-order valence-corrected chi connectivity index (χ4v) is 3.75. The summed E-state index contributed by atoms with van der Waals surface area (Å²) in [5.74, 6) is -0.0112. The van der Waals surface area contributed by atoms with E-state index in [-0.39, 0.29) is 16.8 Å². The van der Waals surface area contributed by atoms with Gasteiger partial charge in [-0.25, -0.2) is 13.6 Å². The number of nitrogens with one attached hydrogen (secondary N) is 1. The van der Waals surface area contributed by atoms with E-state index in [1.54, 1.807) is 12.1 Å². The Kier molecular flexibility index (Phi) is 5.29. The van der Waals surface area contributed by atoms with Crippen LogP contribution in [0, 0.1) is 0 Å². The van der Waals surface area contributed by atoms with Crippen LogP contribution in [0.2, 0.25) is 0 Å². The van der Waals surface area contributed by atoms with E-state index in [1.165, 1.54) is 17.7 Å². The maximum Gasteiger partial charge on any atom is 0.242 e. The molecule has 26 heavy (non-hydrogen) atoms. The van der Waals surface area contributed by atoms with E-state index in [4.69, 9.17) is 5.14 Å². The van der Waals surface area contributed by atoms with Crippen molar-refractivity contribution in [3.8, 4) is 0 Å². The van der Waals surface area contributed by atoms with Gasteiger partial charge in [0.1, 0.15) is 6.04 Å². The largest absolute Gasteiger partial charge is 0.359 e. The zero-order valence-corrected chi connectivity index (χ0v) is 15.5. The summed E-state index contributed by atoms with van der Waals surface area (Å²) >= 11 is 0. The summed E-state index contributed by atoms with van der Waals surface area (Å²) < 4.78 is 22.5. The molecule has 138 valence electrons. The summed E-state index contributed by atoms with van der Waals surface area (Å²) in [5, 5.41) is 8.04. The minimum atomic E-state index is -3.67. The summed E-state index contributed by atoms with van der Waals surface area (Å²) in [7, 11) is -3.67. The van der Waals surface area contributed by atoms with Gasteiger partial charge in [0.15, 0.2) is 0 Å². The third-order valence-electron chi connectivity index (χ3n) is 4.73. The molecule has 0 unspecified atom stereocenters. The van der Waals surface area contributed by atoms with E-state index in [9.17, 15) is 13.2 Å². The van der Waals surface area contributed by atoms with E-state index in [0.717, 1.165) is 24.2 Å². The van der Waals surface area contributed by atoms with Crippen LogP contribution in [0.5, 0.6) is 0 Å². The number of anilines is 1. The lowest BCUT2D eigenvalue weighted by Crippen LogP contribution is -2.45. The van der Waals surface area contributed by atoms with Gasteiger partial charge in [0.05, 0.1) is 4.90 Å². The van der Waals surface area contributed by atoms with Crippen molar-refractivity contribution in [1.82, 2.24) is 5.32 Å². The molecule has 1 aliphatic heterocycles. The highest BCUT2D eigenvalue weighted by molar-refractivity contribution is 7.89. The average Bonchev–Trinajstić information content (AvgIpc) is 3.04. The normalized spacial score (nSPS) is 14.8. The highest BCUT2D eigenvalue weighted by atomic mass is 32.2. The zero-order valence-electron chi connectivity index (χ0n) is 14.7. The fourth-order valence-electron chi connectivity index (χ4n) is 3.23. The second-order valence-electron chi connectivity index (χ2n) is 6.48. The number of carbonyl (C=O) groups excluding carboxylic acids is 1. The molecule has 0 saturated heterocycles. The number of benzene rings is 2. The number of sulfonamides is 1. The SMILES string of the molecule is C[C@@H](C(=O)NCCc1ccc(S(N)(=O)=O)cc1)N1CCc2ccccc21. The molecule has 1 atom stereocenters. The minimum absolute atomic E-state index is 0.0112. The highest BCUT2D eigenvalue weighted by Crippen LogP contribution is 2.29. The van der Waals surface area contributed by atoms with E-state index in [1.807, 2.05) is 19.1 Å². The Labute approximate surface area is 154 Å². The Bertz CT molecular complexity index is 895. The molecule has 2 aromatic carbocycles. The molecule has 0 aliphatic carbocycles. The summed E-state index contributed by atoms with van der Waals surface area (Å²) in [5.41, 5.74) is 3.35. The molecule has 0 bridgehead atoms. The first-order valence-electron chi connectivity index (χ1n) is 8.60. The summed E-state index contributed by atoms with van der Waals surface area (Å²) in [6.07, 6.45) is 1.59. The molecule has 1 amide bonds. The van der Waals surface area contributed by atoms with Crippen LogP contribution in [0.4, 0.5) is 5.69 Å². The molecular formula is C19H23N3O3S. The molecule has 2 aromatic rings. The number of para-hydroxylation sites is 1. The molecule has 0 radical (unpaired) electrons. The van der Waals surface area contributed by atoms with Crippen LogP contribution in [-0.2, 0) is 27.7 Å². The van der Waals surface area contributed by atoms with Gasteiger partial charge >= 0.3 is 0 Å². The third kappa shape index (κ3) is 4.05. The molecule has 3 N–H and O–H groups in total. The number of fused-ring (bicyclic) bond motifs is 1. The van der Waals surface area contributed by atoms with Crippen molar-refractivity contribution < 1.29 is 13.2 Å². The van der Waals surface area contributed by atoms with E-state index < -0.39 is 10.0 Å². The topological polar surface area (TPSA) is 92.5 Å². The summed E-state index contributed by atoms with van der Waals surface area (Å²) in [4.78, 5) is 14.7. The fraction of sp³-hybridized carbons (Fsp3) is 0.316. The molecule has 1 aliphatic rings. The van der Waals surface area contributed by atoms with Crippen LogP contribution in [0.1, 0.15) is 18.1 Å². The van der Waals surface area contributed by atoms with E-state index in [2.05, 4.69) is 22.3 Å². The number of rotatable bonds is 6. The predicted octanol–water partition coefficient (Wildman–Crippen LogP) is 1.44. The van der Waals surface area contributed by atoms with Gasteiger partial charge in [0.25, 0.3) is 0 Å². The first-order chi connectivity index (χ1) is 12.4. The third-order valence-corrected chi connectivity index (χ3v) is 5.66. The molecule has 1 heterocycles. The van der Waals surface area contributed by atoms with Crippen molar-refractivity contribution in [2.45, 2.75) is 30.7 Å². The lowest BCUT2D eigenvalue weighted by Gasteiger charge is -2.26. The number of hydrogen-bond donors (Lipinski definition) is 2. The maximum atomic E-state index is 12.5. The molecule has 0 aromatic heterocycles.